The molecule has 4 aromatic rings. The molecule has 0 radical (unpaired) electrons. The van der Waals surface area contributed by atoms with Gasteiger partial charge in [-0.2, -0.15) is 5.01 Å². The quantitative estimate of drug-likeness (QED) is 0.115. The Hall–Kier alpha value is -5.56. The molecule has 0 unspecified atom stereocenters. The van der Waals surface area contributed by atoms with E-state index < -0.39 is 71.6 Å². The van der Waals surface area contributed by atoms with Crippen molar-refractivity contribution < 1.29 is 38.7 Å². The zero-order valence-electron chi connectivity index (χ0n) is 28.7. The predicted octanol–water partition coefficient (Wildman–Crippen LogP) is 4.78. The Labute approximate surface area is 315 Å². The zero-order chi connectivity index (χ0) is 38.1. The molecule has 3 fully saturated rings. The number of benzene rings is 4. The number of hydrazine groups is 1. The number of para-hydroxylation sites is 1. The molecule has 13 heteroatoms. The second-order valence-electron chi connectivity index (χ2n) is 14.2. The van der Waals surface area contributed by atoms with Crippen molar-refractivity contribution in [2.75, 3.05) is 10.3 Å². The van der Waals surface area contributed by atoms with Crippen molar-refractivity contribution in [3.63, 3.8) is 0 Å². The Balaban J connectivity index is 1.33. The van der Waals surface area contributed by atoms with Crippen LogP contribution in [0.4, 0.5) is 15.8 Å². The first kappa shape index (κ1) is 35.5. The second-order valence-corrected chi connectivity index (χ2v) is 14.6. The third kappa shape index (κ3) is 5.31. The molecule has 0 bridgehead atoms. The van der Waals surface area contributed by atoms with Crippen LogP contribution >= 0.6 is 11.6 Å². The lowest BCUT2D eigenvalue weighted by Crippen LogP contribution is -2.53. The normalized spacial score (nSPS) is 25.9. The van der Waals surface area contributed by atoms with Crippen molar-refractivity contribution in [1.82, 2.24) is 5.01 Å². The number of carbonyl (C=O) groups excluding carboxylic acids is 4. The number of phenolic OH excluding ortho intramolecular Hbond substituents is 1. The number of anilines is 2. The molecule has 4 aromatic carbocycles. The van der Waals surface area contributed by atoms with E-state index >= 15 is 4.79 Å². The summed E-state index contributed by atoms with van der Waals surface area (Å²) in [5.41, 5.74) is 3.84. The van der Waals surface area contributed by atoms with E-state index in [1.165, 1.54) is 42.5 Å². The van der Waals surface area contributed by atoms with Crippen LogP contribution < -0.4 is 15.8 Å². The fourth-order valence-electron chi connectivity index (χ4n) is 9.24. The molecule has 272 valence electrons. The number of imide groups is 2. The van der Waals surface area contributed by atoms with E-state index in [2.05, 4.69) is 12.0 Å². The van der Waals surface area contributed by atoms with Crippen LogP contribution in [0.5, 0.6) is 5.75 Å². The summed E-state index contributed by atoms with van der Waals surface area (Å²) < 4.78 is 13.9. The topological polar surface area (TPSA) is 147 Å². The van der Waals surface area contributed by atoms with Crippen LogP contribution in [-0.4, -0.2) is 50.9 Å². The molecule has 6 atom stereocenters. The van der Waals surface area contributed by atoms with E-state index in [0.717, 1.165) is 9.91 Å². The molecule has 0 spiro atoms. The molecule has 10 nitrogen and oxygen atoms in total. The molecule has 1 saturated carbocycles. The molecule has 4 N–H and O–H groups in total. The zero-order valence-corrected chi connectivity index (χ0v) is 29.5. The average molecular weight is 746 g/mol. The number of hydrogen-bond donors (Lipinski definition) is 4. The van der Waals surface area contributed by atoms with Crippen molar-refractivity contribution in [2.24, 2.45) is 23.7 Å². The number of fused-ring (bicyclic) bond motifs is 4. The lowest BCUT2D eigenvalue weighted by molar-refractivity contribution is -0.138. The monoisotopic (exact) mass is 745 g/mol. The van der Waals surface area contributed by atoms with Crippen LogP contribution in [0, 0.1) is 29.5 Å². The van der Waals surface area contributed by atoms with Gasteiger partial charge in [-0.15, -0.1) is 6.58 Å². The van der Waals surface area contributed by atoms with Gasteiger partial charge in [0.15, 0.2) is 0 Å². The molecule has 54 heavy (non-hydrogen) atoms. The molecule has 2 saturated heterocycles. The van der Waals surface area contributed by atoms with Gasteiger partial charge >= 0.3 is 7.12 Å². The number of carbonyl (C=O) groups is 4. The summed E-state index contributed by atoms with van der Waals surface area (Å²) >= 11 is 6.36. The lowest BCUT2D eigenvalue weighted by Gasteiger charge is -2.50. The van der Waals surface area contributed by atoms with Gasteiger partial charge < -0.3 is 15.2 Å². The first-order chi connectivity index (χ1) is 26.0. The van der Waals surface area contributed by atoms with Crippen LogP contribution in [0.1, 0.15) is 35.4 Å². The highest BCUT2D eigenvalue weighted by atomic mass is 35.5. The Kier molecular flexibility index (Phi) is 8.79. The summed E-state index contributed by atoms with van der Waals surface area (Å²) in [4.78, 5) is 59.9. The molecule has 4 amide bonds. The van der Waals surface area contributed by atoms with E-state index in [1.807, 2.05) is 6.08 Å². The number of amides is 4. The average Bonchev–Trinajstić information content (AvgIpc) is 3.54. The van der Waals surface area contributed by atoms with Gasteiger partial charge in [-0.05, 0) is 90.3 Å². The van der Waals surface area contributed by atoms with Crippen LogP contribution in [0.15, 0.2) is 115 Å². The summed E-state index contributed by atoms with van der Waals surface area (Å²) in [6.45, 7) is 3.83. The fraction of sp³-hybridized carbons (Fsp3) is 0.220. The van der Waals surface area contributed by atoms with Crippen LogP contribution in [0.2, 0.25) is 5.02 Å². The second kappa shape index (κ2) is 13.4. The largest absolute Gasteiger partial charge is 0.507 e. The van der Waals surface area contributed by atoms with Crippen LogP contribution in [-0.2, 0) is 31.0 Å². The van der Waals surface area contributed by atoms with Gasteiger partial charge in [0.25, 0.3) is 11.8 Å². The number of nitrogens with zero attached hydrogens (tertiary/aromatic N) is 2. The number of allylic oxidation sites excluding steroid dienone is 3. The molecule has 2 aliphatic carbocycles. The number of nitrogens with one attached hydrogen (secondary N) is 1. The minimum atomic E-state index is -1.82. The first-order valence-corrected chi connectivity index (χ1v) is 18.0. The smallest absolute Gasteiger partial charge is 0.488 e. The van der Waals surface area contributed by atoms with Gasteiger partial charge in [0.2, 0.25) is 11.8 Å². The first-order valence-electron chi connectivity index (χ1n) is 17.6. The Morgan fingerprint density at radius 3 is 2.35 bits per heavy atom. The van der Waals surface area contributed by atoms with Gasteiger partial charge in [-0.3, -0.25) is 29.5 Å². The number of hydrogen-bond acceptors (Lipinski definition) is 8. The van der Waals surface area contributed by atoms with E-state index in [-0.39, 0.29) is 35.4 Å². The highest BCUT2D eigenvalue weighted by Gasteiger charge is 2.70. The standard InChI is InChI=1S/C41H34BClFN3O7/c1-2-5-22-6-3-9-31(36(22)48)35-29-18-19-30-34(39(51)46(37(30)49)28-8-4-7-24(20-28)42(53)54)32(29)21-33-38(50)47(45-27-16-14-26(44)15-17-27)40(52)41(33,35)23-10-12-25(43)13-11-23/h2-4,6-18,20,30,32-35,45,48,53-54H,1,5,19,21H2/t30-,32+,33-,34-,35+,41+/m0/s1. The van der Waals surface area contributed by atoms with E-state index in [1.54, 1.807) is 54.6 Å². The Morgan fingerprint density at radius 2 is 1.65 bits per heavy atom. The maximum Gasteiger partial charge on any atom is 0.488 e. The summed E-state index contributed by atoms with van der Waals surface area (Å²) in [5, 5.41) is 33.0. The van der Waals surface area contributed by atoms with Crippen molar-refractivity contribution in [3.05, 3.63) is 143 Å². The van der Waals surface area contributed by atoms with Crippen molar-refractivity contribution in [2.45, 2.75) is 30.6 Å². The van der Waals surface area contributed by atoms with Crippen molar-refractivity contribution in [1.29, 1.82) is 0 Å². The number of halogens is 2. The lowest BCUT2D eigenvalue weighted by atomic mass is 9.49. The summed E-state index contributed by atoms with van der Waals surface area (Å²) in [5.74, 6) is -7.28. The molecule has 4 aliphatic rings. The fourth-order valence-corrected chi connectivity index (χ4v) is 9.37. The highest BCUT2D eigenvalue weighted by molar-refractivity contribution is 6.58. The molecule has 0 aromatic heterocycles. The minimum absolute atomic E-state index is 0.00760. The summed E-state index contributed by atoms with van der Waals surface area (Å²) in [6.07, 6.45) is 3.98. The molecule has 2 heterocycles. The molecule has 8 rings (SSSR count). The maximum absolute atomic E-state index is 15.3. The van der Waals surface area contributed by atoms with Crippen LogP contribution in [0.25, 0.3) is 0 Å². The van der Waals surface area contributed by atoms with E-state index in [9.17, 15) is 33.9 Å². The number of aromatic hydroxyl groups is 1. The van der Waals surface area contributed by atoms with E-state index in [4.69, 9.17) is 11.6 Å². The highest BCUT2D eigenvalue weighted by Crippen LogP contribution is 2.65. The summed E-state index contributed by atoms with van der Waals surface area (Å²) in [6, 6.07) is 23.0. The van der Waals surface area contributed by atoms with Gasteiger partial charge in [-0.25, -0.2) is 4.39 Å². The van der Waals surface area contributed by atoms with Crippen molar-refractivity contribution >= 4 is 59.2 Å². The third-order valence-corrected chi connectivity index (χ3v) is 11.8. The minimum Gasteiger partial charge on any atom is -0.507 e. The third-order valence-electron chi connectivity index (χ3n) is 11.5. The predicted molar refractivity (Wildman–Crippen MR) is 200 cm³/mol. The van der Waals surface area contributed by atoms with Gasteiger partial charge in [0.1, 0.15) is 11.6 Å². The number of rotatable bonds is 8. The van der Waals surface area contributed by atoms with E-state index in [0.29, 0.717) is 33.7 Å². The van der Waals surface area contributed by atoms with Crippen molar-refractivity contribution in [3.8, 4) is 5.75 Å². The number of phenols is 1. The summed E-state index contributed by atoms with van der Waals surface area (Å²) in [7, 11) is -1.82. The van der Waals surface area contributed by atoms with Gasteiger partial charge in [0, 0.05) is 16.5 Å². The maximum atomic E-state index is 15.3. The Bertz CT molecular complexity index is 2270. The molecule has 2 aliphatic heterocycles. The molecular weight excluding hydrogens is 712 g/mol. The molecular formula is C41H34BClFN3O7. The van der Waals surface area contributed by atoms with Gasteiger partial charge in [0.05, 0.1) is 34.5 Å². The van der Waals surface area contributed by atoms with Crippen LogP contribution in [0.3, 0.4) is 0 Å². The van der Waals surface area contributed by atoms with Gasteiger partial charge in [-0.1, -0.05) is 71.8 Å². The Morgan fingerprint density at radius 1 is 0.926 bits per heavy atom. The SMILES string of the molecule is C=CCc1cccc([C@H]2C3=CC[C@@H]4C(=O)N(c5cccc(B(O)O)c5)C(=O)[C@@H]4[C@@H]3C[C@H]3C(=O)N(Nc4ccc(F)cc4)C(=O)[C@@]23c2ccc(Cl)cc2)c1O.